The van der Waals surface area contributed by atoms with Crippen LogP contribution in [0.3, 0.4) is 0 Å². The molecule has 1 aromatic heterocycles. The maximum absolute atomic E-state index is 13.7. The van der Waals surface area contributed by atoms with Crippen LogP contribution in [0.15, 0.2) is 84.9 Å². The summed E-state index contributed by atoms with van der Waals surface area (Å²) in [6.07, 6.45) is 0. The Kier molecular flexibility index (Phi) is 10.7. The molecule has 0 saturated heterocycles. The van der Waals surface area contributed by atoms with Gasteiger partial charge in [-0.3, -0.25) is 15.0 Å². The van der Waals surface area contributed by atoms with E-state index in [4.69, 9.17) is 20.6 Å². The maximum atomic E-state index is 13.7. The number of nitrogens with zero attached hydrogens (tertiary/aromatic N) is 1. The summed E-state index contributed by atoms with van der Waals surface area (Å²) in [7, 11) is 1.57. The number of nitrogen functional groups attached to an aromatic ring is 1. The van der Waals surface area contributed by atoms with Crippen LogP contribution in [0.2, 0.25) is 0 Å². The van der Waals surface area contributed by atoms with Crippen LogP contribution in [0, 0.1) is 17.7 Å². The molecule has 0 fully saturated rings. The molecule has 0 aliphatic rings. The van der Waals surface area contributed by atoms with Crippen molar-refractivity contribution in [2.75, 3.05) is 19.0 Å². The maximum Gasteiger partial charge on any atom is 0.339 e. The van der Waals surface area contributed by atoms with Crippen molar-refractivity contribution < 1.29 is 23.9 Å². The van der Waals surface area contributed by atoms with Crippen LogP contribution < -0.4 is 16.4 Å². The van der Waals surface area contributed by atoms with Crippen LogP contribution in [-0.2, 0) is 16.1 Å². The number of hydrogen-bond donors (Lipinski definition) is 4. The zero-order valence-electron chi connectivity index (χ0n) is 26.6. The number of amidine groups is 1. The predicted molar refractivity (Wildman–Crippen MR) is 178 cm³/mol. The first-order valence-electron chi connectivity index (χ1n) is 14.8. The lowest BCUT2D eigenvalue weighted by Crippen LogP contribution is -2.46. The fourth-order valence-electron chi connectivity index (χ4n) is 4.68. The molecule has 1 unspecified atom stereocenters. The zero-order chi connectivity index (χ0) is 33.4. The molecule has 10 heteroatoms. The van der Waals surface area contributed by atoms with E-state index in [-0.39, 0.29) is 46.6 Å². The summed E-state index contributed by atoms with van der Waals surface area (Å²) in [5, 5.41) is 13.4. The minimum atomic E-state index is -0.662. The molecular formula is C36H39N5O5. The number of aryl methyl sites for hydroxylation is 1. The van der Waals surface area contributed by atoms with E-state index >= 15 is 0 Å². The van der Waals surface area contributed by atoms with Gasteiger partial charge in [0.15, 0.2) is 0 Å². The van der Waals surface area contributed by atoms with Crippen molar-refractivity contribution in [3.8, 4) is 11.1 Å². The quantitative estimate of drug-likeness (QED) is 0.0945. The van der Waals surface area contributed by atoms with Gasteiger partial charge in [-0.25, -0.2) is 9.78 Å². The number of nitrogens with one attached hydrogen (secondary N) is 3. The van der Waals surface area contributed by atoms with Crippen LogP contribution in [0.5, 0.6) is 0 Å². The number of ether oxygens (including phenoxy) is 2. The summed E-state index contributed by atoms with van der Waals surface area (Å²) >= 11 is 0. The molecule has 1 heterocycles. The number of benzene rings is 3. The monoisotopic (exact) mass is 621 g/mol. The van der Waals surface area contributed by atoms with E-state index in [0.29, 0.717) is 34.7 Å². The second-order valence-corrected chi connectivity index (χ2v) is 12.0. The van der Waals surface area contributed by atoms with E-state index in [1.807, 2.05) is 51.1 Å². The first-order valence-corrected chi connectivity index (χ1v) is 14.8. The van der Waals surface area contributed by atoms with Gasteiger partial charge in [0.2, 0.25) is 0 Å². The number of rotatable bonds is 11. The molecule has 5 N–H and O–H groups in total. The van der Waals surface area contributed by atoms with Gasteiger partial charge in [-0.05, 0) is 65.9 Å². The molecule has 1 atom stereocenters. The van der Waals surface area contributed by atoms with Gasteiger partial charge >= 0.3 is 5.97 Å². The fourth-order valence-corrected chi connectivity index (χ4v) is 4.68. The Morgan fingerprint density at radius 2 is 1.54 bits per heavy atom. The fraction of sp³-hybridized carbons (Fsp3) is 0.250. The molecule has 0 bridgehead atoms. The van der Waals surface area contributed by atoms with E-state index in [0.717, 1.165) is 5.56 Å². The molecule has 3 aromatic carbocycles. The van der Waals surface area contributed by atoms with Gasteiger partial charge < -0.3 is 25.8 Å². The lowest BCUT2D eigenvalue weighted by molar-refractivity contribution is 0.0473. The number of carbonyl (C=O) groups excluding carboxylic acids is 3. The van der Waals surface area contributed by atoms with Gasteiger partial charge in [0, 0.05) is 35.2 Å². The molecule has 4 rings (SSSR count). The molecule has 10 nitrogen and oxygen atoms in total. The molecule has 0 saturated carbocycles. The Labute approximate surface area is 268 Å². The average molecular weight is 622 g/mol. The van der Waals surface area contributed by atoms with Crippen molar-refractivity contribution in [3.63, 3.8) is 0 Å². The van der Waals surface area contributed by atoms with Crippen molar-refractivity contribution in [2.24, 2.45) is 11.1 Å². The molecule has 0 radical (unpaired) electrons. The number of pyridine rings is 1. The second kappa shape index (κ2) is 14.6. The highest BCUT2D eigenvalue weighted by molar-refractivity contribution is 6.10. The number of anilines is 1. The second-order valence-electron chi connectivity index (χ2n) is 12.0. The molecular weight excluding hydrogens is 582 g/mol. The lowest BCUT2D eigenvalue weighted by atomic mass is 9.87. The summed E-state index contributed by atoms with van der Waals surface area (Å²) in [4.78, 5) is 45.2. The Balaban J connectivity index is 1.74. The van der Waals surface area contributed by atoms with Crippen LogP contribution in [0.25, 0.3) is 11.1 Å². The number of hydrogen-bond acceptors (Lipinski definition) is 7. The number of nitrogens with two attached hydrogens (primary N) is 1. The number of aromatic nitrogens is 1. The average Bonchev–Trinajstić information content (AvgIpc) is 3.03. The Morgan fingerprint density at radius 3 is 2.17 bits per heavy atom. The largest absolute Gasteiger partial charge is 0.457 e. The van der Waals surface area contributed by atoms with Gasteiger partial charge in [0.25, 0.3) is 11.8 Å². The van der Waals surface area contributed by atoms with E-state index < -0.39 is 11.9 Å². The normalized spacial score (nSPS) is 11.8. The Morgan fingerprint density at radius 1 is 0.891 bits per heavy atom. The zero-order valence-corrected chi connectivity index (χ0v) is 26.6. The first kappa shape index (κ1) is 33.5. The minimum absolute atomic E-state index is 0.0191. The van der Waals surface area contributed by atoms with Crippen molar-refractivity contribution in [3.05, 3.63) is 119 Å². The van der Waals surface area contributed by atoms with Gasteiger partial charge in [0.05, 0.1) is 18.2 Å². The first-order chi connectivity index (χ1) is 21.9. The van der Waals surface area contributed by atoms with Gasteiger partial charge in [-0.15, -0.1) is 0 Å². The summed E-state index contributed by atoms with van der Waals surface area (Å²) in [6.45, 7) is 8.09. The van der Waals surface area contributed by atoms with Crippen LogP contribution >= 0.6 is 0 Å². The highest BCUT2D eigenvalue weighted by Gasteiger charge is 2.28. The third-order valence-electron chi connectivity index (χ3n) is 7.39. The minimum Gasteiger partial charge on any atom is -0.457 e. The summed E-state index contributed by atoms with van der Waals surface area (Å²) in [5.41, 5.74) is 8.85. The molecule has 0 aliphatic heterocycles. The molecule has 238 valence electrons. The Hall–Kier alpha value is -5.35. The van der Waals surface area contributed by atoms with Crippen molar-refractivity contribution in [2.45, 2.75) is 40.3 Å². The van der Waals surface area contributed by atoms with Gasteiger partial charge in [-0.1, -0.05) is 63.2 Å². The number of methoxy groups -OCH3 is 1. The molecule has 4 aromatic rings. The number of carbonyl (C=O) groups is 3. The van der Waals surface area contributed by atoms with Crippen molar-refractivity contribution in [1.82, 2.24) is 10.3 Å². The van der Waals surface area contributed by atoms with E-state index in [9.17, 15) is 14.4 Å². The van der Waals surface area contributed by atoms with Crippen LogP contribution in [-0.4, -0.2) is 48.4 Å². The van der Waals surface area contributed by atoms with Crippen LogP contribution in [0.1, 0.15) is 68.8 Å². The smallest absolute Gasteiger partial charge is 0.339 e. The van der Waals surface area contributed by atoms with E-state index in [2.05, 4.69) is 15.6 Å². The summed E-state index contributed by atoms with van der Waals surface area (Å²) in [5.74, 6) is -1.64. The number of amides is 2. The van der Waals surface area contributed by atoms with Crippen molar-refractivity contribution >= 4 is 29.3 Å². The molecule has 0 spiro atoms. The molecule has 46 heavy (non-hydrogen) atoms. The third kappa shape index (κ3) is 8.42. The van der Waals surface area contributed by atoms with E-state index in [1.165, 1.54) is 6.07 Å². The highest BCUT2D eigenvalue weighted by Crippen LogP contribution is 2.30. The Bertz CT molecular complexity index is 1730. The highest BCUT2D eigenvalue weighted by atomic mass is 16.5. The molecule has 2 amide bonds. The summed E-state index contributed by atoms with van der Waals surface area (Å²) < 4.78 is 11.0. The SMILES string of the molecule is COCC(NC(=O)c1ccc(-c2ccc(C)nc2C(=O)Nc2ccc(C(=N)N)cc2)c(C(=O)OCc2ccccc2)c1)C(C)(C)C. The lowest BCUT2D eigenvalue weighted by Gasteiger charge is -2.31. The van der Waals surface area contributed by atoms with Crippen molar-refractivity contribution in [1.29, 1.82) is 5.41 Å². The molecule has 0 aliphatic carbocycles. The third-order valence-corrected chi connectivity index (χ3v) is 7.39. The van der Waals surface area contributed by atoms with E-state index in [1.54, 1.807) is 62.6 Å². The topological polar surface area (TPSA) is 156 Å². The van der Waals surface area contributed by atoms with Gasteiger partial charge in [0.1, 0.15) is 18.1 Å². The van der Waals surface area contributed by atoms with Gasteiger partial charge in [-0.2, -0.15) is 0 Å². The standard InChI is InChI=1S/C36H39N5O5/c1-22-11-17-28(31(39-22)34(43)40-26-15-12-24(13-16-26)32(37)38)27-18-14-25(33(42)41-30(21-45-5)36(2,3)4)19-29(27)35(44)46-20-23-9-7-6-8-10-23/h6-19,30H,20-21H2,1-5H3,(H3,37,38)(H,40,43)(H,41,42). The summed E-state index contributed by atoms with van der Waals surface area (Å²) in [6, 6.07) is 23.7. The predicted octanol–water partition coefficient (Wildman–Crippen LogP) is 5.74. The van der Waals surface area contributed by atoms with Crippen LogP contribution in [0.4, 0.5) is 5.69 Å². The number of esters is 1.